The topological polar surface area (TPSA) is 36.0 Å². The Balaban J connectivity index is 1.62. The second-order valence-electron chi connectivity index (χ2n) is 8.93. The fraction of sp³-hybridized carbons (Fsp3) is 0.850. The van der Waals surface area contributed by atoms with Gasteiger partial charge in [0.2, 0.25) is 0 Å². The first-order valence-corrected chi connectivity index (χ1v) is 9.90. The lowest BCUT2D eigenvalue weighted by Gasteiger charge is -2.47. The van der Waals surface area contributed by atoms with Crippen LogP contribution in [0.15, 0.2) is 11.3 Å². The first-order chi connectivity index (χ1) is 11.9. The number of Topliss-reactive ketones (excluding diaryl/α,β-unsaturated/α-hetero) is 1. The van der Waals surface area contributed by atoms with Crippen molar-refractivity contribution in [2.24, 2.45) is 5.41 Å². The maximum atomic E-state index is 12.7. The predicted octanol–water partition coefficient (Wildman–Crippen LogP) is 2.34. The van der Waals surface area contributed by atoms with E-state index in [4.69, 9.17) is 4.74 Å². The molecule has 5 heteroatoms. The average Bonchev–Trinajstić information content (AvgIpc) is 2.55. The molecule has 0 amide bonds. The minimum Gasteiger partial charge on any atom is -0.379 e. The largest absolute Gasteiger partial charge is 0.379 e. The molecule has 0 spiro atoms. The molecule has 0 bridgehead atoms. The summed E-state index contributed by atoms with van der Waals surface area (Å²) in [6.45, 7) is 16.8. The Bertz CT molecular complexity index is 521. The lowest BCUT2D eigenvalue weighted by atomic mass is 9.74. The average molecular weight is 350 g/mol. The number of ether oxygens (including phenoxy) is 1. The fourth-order valence-corrected chi connectivity index (χ4v) is 4.32. The molecule has 0 aromatic carbocycles. The van der Waals surface area contributed by atoms with Crippen LogP contribution in [-0.2, 0) is 9.53 Å². The molecule has 1 saturated heterocycles. The fourth-order valence-electron chi connectivity index (χ4n) is 4.32. The Morgan fingerprint density at radius 2 is 1.76 bits per heavy atom. The Kier molecular flexibility index (Phi) is 5.86. The number of rotatable bonds is 5. The first-order valence-electron chi connectivity index (χ1n) is 9.90. The van der Waals surface area contributed by atoms with Gasteiger partial charge in [-0.1, -0.05) is 13.8 Å². The van der Waals surface area contributed by atoms with Gasteiger partial charge in [0.1, 0.15) is 0 Å². The molecule has 0 radical (unpaired) electrons. The van der Waals surface area contributed by atoms with Gasteiger partial charge in [0.05, 0.1) is 19.9 Å². The molecule has 5 nitrogen and oxygen atoms in total. The van der Waals surface area contributed by atoms with Crippen molar-refractivity contribution < 1.29 is 9.53 Å². The molecular formula is C20H35N3O2. The summed E-state index contributed by atoms with van der Waals surface area (Å²) in [5, 5.41) is 0. The van der Waals surface area contributed by atoms with Gasteiger partial charge in [0.25, 0.3) is 0 Å². The van der Waals surface area contributed by atoms with E-state index in [0.717, 1.165) is 71.0 Å². The molecule has 0 atom stereocenters. The molecule has 0 unspecified atom stereocenters. The summed E-state index contributed by atoms with van der Waals surface area (Å²) in [5.74, 6) is 0.370. The molecule has 1 fully saturated rings. The quantitative estimate of drug-likeness (QED) is 0.761. The highest BCUT2D eigenvalue weighted by Gasteiger charge is 2.38. The van der Waals surface area contributed by atoms with Gasteiger partial charge in [-0.15, -0.1) is 0 Å². The predicted molar refractivity (Wildman–Crippen MR) is 100 cm³/mol. The number of hydrogen-bond acceptors (Lipinski definition) is 5. The third-order valence-corrected chi connectivity index (χ3v) is 5.73. The second-order valence-corrected chi connectivity index (χ2v) is 8.93. The van der Waals surface area contributed by atoms with Gasteiger partial charge < -0.3 is 9.64 Å². The Morgan fingerprint density at radius 3 is 2.44 bits per heavy atom. The summed E-state index contributed by atoms with van der Waals surface area (Å²) in [6.07, 6.45) is 2.89. The number of nitrogens with zero attached hydrogens (tertiary/aromatic N) is 3. The highest BCUT2D eigenvalue weighted by Crippen LogP contribution is 2.40. The van der Waals surface area contributed by atoms with Crippen LogP contribution in [0, 0.1) is 5.41 Å². The molecule has 25 heavy (non-hydrogen) atoms. The SMILES string of the molecule is CC(C)N1CN(CCCN2CCOCC2)CC2=C1CC(C)(C)CC2=O. The first kappa shape index (κ1) is 18.9. The standard InChI is InChI=1S/C20H35N3O2/c1-16(2)23-15-22(7-5-6-21-8-10-25-11-9-21)14-17-18(23)12-20(3,4)13-19(17)24/h16H,5-15H2,1-4H3. The van der Waals surface area contributed by atoms with Crippen LogP contribution in [0.1, 0.15) is 47.0 Å². The minimum absolute atomic E-state index is 0.0988. The van der Waals surface area contributed by atoms with Gasteiger partial charge in [0.15, 0.2) is 5.78 Å². The summed E-state index contributed by atoms with van der Waals surface area (Å²) in [6, 6.07) is 0.439. The molecule has 2 heterocycles. The van der Waals surface area contributed by atoms with Crippen molar-refractivity contribution in [3.8, 4) is 0 Å². The van der Waals surface area contributed by atoms with Gasteiger partial charge in [-0.3, -0.25) is 14.6 Å². The van der Waals surface area contributed by atoms with Crippen LogP contribution in [0.2, 0.25) is 0 Å². The molecule has 3 aliphatic rings. The van der Waals surface area contributed by atoms with Crippen molar-refractivity contribution in [2.45, 2.75) is 53.0 Å². The van der Waals surface area contributed by atoms with Crippen LogP contribution in [-0.4, -0.2) is 79.1 Å². The maximum Gasteiger partial charge on any atom is 0.162 e. The zero-order valence-corrected chi connectivity index (χ0v) is 16.5. The Morgan fingerprint density at radius 1 is 1.08 bits per heavy atom. The maximum absolute atomic E-state index is 12.7. The zero-order chi connectivity index (χ0) is 18.0. The summed E-state index contributed by atoms with van der Waals surface area (Å²) in [7, 11) is 0. The molecule has 2 aliphatic heterocycles. The van der Waals surface area contributed by atoms with Crippen molar-refractivity contribution in [3.05, 3.63) is 11.3 Å². The number of carbonyl (C=O) groups is 1. The van der Waals surface area contributed by atoms with E-state index < -0.39 is 0 Å². The molecule has 0 aromatic rings. The van der Waals surface area contributed by atoms with E-state index in [2.05, 4.69) is 42.4 Å². The second kappa shape index (κ2) is 7.77. The third kappa shape index (κ3) is 4.63. The summed E-state index contributed by atoms with van der Waals surface area (Å²) < 4.78 is 5.42. The van der Waals surface area contributed by atoms with Crippen molar-refractivity contribution >= 4 is 5.78 Å². The lowest BCUT2D eigenvalue weighted by Crippen LogP contribution is -2.51. The summed E-state index contributed by atoms with van der Waals surface area (Å²) in [5.41, 5.74) is 2.51. The van der Waals surface area contributed by atoms with E-state index in [-0.39, 0.29) is 5.41 Å². The van der Waals surface area contributed by atoms with E-state index >= 15 is 0 Å². The molecule has 0 N–H and O–H groups in total. The van der Waals surface area contributed by atoms with Crippen molar-refractivity contribution in [1.29, 1.82) is 0 Å². The number of carbonyl (C=O) groups excluding carboxylic acids is 1. The van der Waals surface area contributed by atoms with Gasteiger partial charge >= 0.3 is 0 Å². The van der Waals surface area contributed by atoms with Crippen molar-refractivity contribution in [1.82, 2.24) is 14.7 Å². The molecule has 142 valence electrons. The van der Waals surface area contributed by atoms with Crippen LogP contribution < -0.4 is 0 Å². The third-order valence-electron chi connectivity index (χ3n) is 5.73. The number of ketones is 1. The molecule has 0 saturated carbocycles. The molecule has 1 aliphatic carbocycles. The lowest BCUT2D eigenvalue weighted by molar-refractivity contribution is -0.119. The summed E-state index contributed by atoms with van der Waals surface area (Å²) >= 11 is 0. The Hall–Kier alpha value is -0.910. The van der Waals surface area contributed by atoms with Crippen molar-refractivity contribution in [3.63, 3.8) is 0 Å². The van der Waals surface area contributed by atoms with E-state index in [9.17, 15) is 4.79 Å². The number of allylic oxidation sites excluding steroid dienone is 1. The summed E-state index contributed by atoms with van der Waals surface area (Å²) in [4.78, 5) is 20.2. The molecular weight excluding hydrogens is 314 g/mol. The smallest absolute Gasteiger partial charge is 0.162 e. The van der Waals surface area contributed by atoms with Crippen LogP contribution in [0.25, 0.3) is 0 Å². The highest BCUT2D eigenvalue weighted by molar-refractivity contribution is 5.98. The molecule has 3 rings (SSSR count). The van der Waals surface area contributed by atoms with Gasteiger partial charge in [-0.05, 0) is 38.6 Å². The number of morpholine rings is 1. The van der Waals surface area contributed by atoms with Gasteiger partial charge in [-0.2, -0.15) is 0 Å². The van der Waals surface area contributed by atoms with Gasteiger partial charge in [-0.25, -0.2) is 0 Å². The Labute approximate surface area is 153 Å². The van der Waals surface area contributed by atoms with E-state index in [1.807, 2.05) is 0 Å². The van der Waals surface area contributed by atoms with E-state index in [1.165, 1.54) is 5.70 Å². The van der Waals surface area contributed by atoms with Crippen LogP contribution >= 0.6 is 0 Å². The monoisotopic (exact) mass is 349 g/mol. The van der Waals surface area contributed by atoms with E-state index in [1.54, 1.807) is 0 Å². The minimum atomic E-state index is 0.0988. The van der Waals surface area contributed by atoms with E-state index in [0.29, 0.717) is 18.2 Å². The van der Waals surface area contributed by atoms with Crippen LogP contribution in [0.4, 0.5) is 0 Å². The number of hydrogen-bond donors (Lipinski definition) is 0. The van der Waals surface area contributed by atoms with Crippen LogP contribution in [0.5, 0.6) is 0 Å². The van der Waals surface area contributed by atoms with Crippen molar-refractivity contribution in [2.75, 3.05) is 52.6 Å². The normalized spacial score (nSPS) is 25.6. The highest BCUT2D eigenvalue weighted by atomic mass is 16.5. The van der Waals surface area contributed by atoms with Gasteiger partial charge in [0, 0.05) is 49.9 Å². The molecule has 0 aromatic heterocycles. The van der Waals surface area contributed by atoms with Crippen LogP contribution in [0.3, 0.4) is 0 Å². The zero-order valence-electron chi connectivity index (χ0n) is 16.5.